The third kappa shape index (κ3) is 0.765. The fourth-order valence-corrected chi connectivity index (χ4v) is 0.343. The largest absolute Gasteiger partial charge is 0.147 e. The lowest BCUT2D eigenvalue weighted by Crippen LogP contribution is -1.80. The minimum Gasteiger partial charge on any atom is -0.147 e. The van der Waals surface area contributed by atoms with Gasteiger partial charge in [-0.3, -0.25) is 0 Å². The monoisotopic (exact) mass is 99.0 g/mol. The van der Waals surface area contributed by atoms with Gasteiger partial charge in [0, 0.05) is 0 Å². The molecule has 0 spiro atoms. The van der Waals surface area contributed by atoms with Crippen LogP contribution >= 0.6 is 0 Å². The Balaban J connectivity index is 3.04. The van der Waals surface area contributed by atoms with Gasteiger partial charge < -0.3 is 0 Å². The first kappa shape index (κ1) is 4.30. The third-order valence-electron chi connectivity index (χ3n) is 0.625. The summed E-state index contributed by atoms with van der Waals surface area (Å²) in [5, 5.41) is 3.31. The SMILES string of the molecule is Cc1c[c]n(F)n1. The number of hydrogen-bond donors (Lipinski definition) is 0. The zero-order valence-electron chi connectivity index (χ0n) is 3.85. The quantitative estimate of drug-likeness (QED) is 0.468. The van der Waals surface area contributed by atoms with Gasteiger partial charge in [0.1, 0.15) is 6.20 Å². The maximum atomic E-state index is 11.7. The molecule has 0 unspecified atom stereocenters. The molecule has 0 aliphatic heterocycles. The summed E-state index contributed by atoms with van der Waals surface area (Å²) in [7, 11) is 0. The van der Waals surface area contributed by atoms with Gasteiger partial charge in [-0.05, 0) is 13.0 Å². The number of aromatic nitrogens is 2. The van der Waals surface area contributed by atoms with Crippen LogP contribution in [-0.2, 0) is 0 Å². The minimum absolute atomic E-state index is 0.162. The van der Waals surface area contributed by atoms with E-state index in [0.29, 0.717) is 5.69 Å². The van der Waals surface area contributed by atoms with Crippen LogP contribution in [0.1, 0.15) is 5.69 Å². The van der Waals surface area contributed by atoms with Crippen molar-refractivity contribution in [2.24, 2.45) is 0 Å². The highest BCUT2D eigenvalue weighted by molar-refractivity contribution is 4.91. The van der Waals surface area contributed by atoms with Crippen LogP contribution < -0.4 is 0 Å². The fraction of sp³-hybridized carbons (Fsp3) is 0.250. The Labute approximate surface area is 40.5 Å². The predicted octanol–water partition coefficient (Wildman–Crippen LogP) is 0.724. The third-order valence-corrected chi connectivity index (χ3v) is 0.625. The van der Waals surface area contributed by atoms with E-state index in [1.807, 2.05) is 0 Å². The van der Waals surface area contributed by atoms with Gasteiger partial charge in [0.2, 0.25) is 0 Å². The van der Waals surface area contributed by atoms with Gasteiger partial charge >= 0.3 is 0 Å². The van der Waals surface area contributed by atoms with E-state index in [9.17, 15) is 4.48 Å². The summed E-state index contributed by atoms with van der Waals surface area (Å²) >= 11 is 0. The van der Waals surface area contributed by atoms with E-state index in [1.54, 1.807) is 6.92 Å². The van der Waals surface area contributed by atoms with Crippen molar-refractivity contribution in [3.63, 3.8) is 0 Å². The second-order valence-electron chi connectivity index (χ2n) is 1.27. The Kier molecular flexibility index (Phi) is 0.817. The van der Waals surface area contributed by atoms with E-state index in [-0.39, 0.29) is 4.90 Å². The molecular formula is C4H4FN2. The van der Waals surface area contributed by atoms with Gasteiger partial charge in [-0.2, -0.15) is 0 Å². The number of hydrogen-bond acceptors (Lipinski definition) is 1. The zero-order valence-corrected chi connectivity index (χ0v) is 3.85. The molecule has 0 bridgehead atoms. The molecule has 1 heterocycles. The van der Waals surface area contributed by atoms with E-state index in [4.69, 9.17) is 0 Å². The molecule has 0 saturated heterocycles. The standard InChI is InChI=1S/C4H4FN2/c1-4-2-3-7(5)6-4/h2H,1H3. The number of aryl methyl sites for hydroxylation is 1. The van der Waals surface area contributed by atoms with Crippen molar-refractivity contribution in [2.75, 3.05) is 0 Å². The second kappa shape index (κ2) is 1.33. The van der Waals surface area contributed by atoms with Gasteiger partial charge in [-0.15, -0.1) is 5.10 Å². The Hall–Kier alpha value is -0.860. The molecule has 0 amide bonds. The summed E-state index contributed by atoms with van der Waals surface area (Å²) in [6.07, 6.45) is 2.21. The smallest absolute Gasteiger partial charge is 0.126 e. The summed E-state index contributed by atoms with van der Waals surface area (Å²) in [6.45, 7) is 1.70. The van der Waals surface area contributed by atoms with E-state index in [0.717, 1.165) is 0 Å². The van der Waals surface area contributed by atoms with Crippen molar-refractivity contribution in [2.45, 2.75) is 6.92 Å². The van der Waals surface area contributed by atoms with Gasteiger partial charge in [0.25, 0.3) is 0 Å². The van der Waals surface area contributed by atoms with Crippen molar-refractivity contribution in [1.29, 1.82) is 0 Å². The van der Waals surface area contributed by atoms with Crippen molar-refractivity contribution < 1.29 is 4.48 Å². The van der Waals surface area contributed by atoms with Crippen LogP contribution in [0, 0.1) is 13.1 Å². The van der Waals surface area contributed by atoms with Crippen LogP contribution in [-0.4, -0.2) is 10.0 Å². The highest BCUT2D eigenvalue weighted by atomic mass is 19.2. The van der Waals surface area contributed by atoms with E-state index in [1.165, 1.54) is 6.07 Å². The fourth-order valence-electron chi connectivity index (χ4n) is 0.343. The highest BCUT2D eigenvalue weighted by Gasteiger charge is 1.86. The topological polar surface area (TPSA) is 17.8 Å². The zero-order chi connectivity index (χ0) is 5.28. The molecule has 0 aliphatic rings. The lowest BCUT2D eigenvalue weighted by molar-refractivity contribution is 0.312. The normalized spacial score (nSPS) is 9.43. The van der Waals surface area contributed by atoms with E-state index < -0.39 is 0 Å². The first-order valence-electron chi connectivity index (χ1n) is 1.89. The van der Waals surface area contributed by atoms with Crippen molar-refractivity contribution >= 4 is 0 Å². The molecular weight excluding hydrogens is 95.1 g/mol. The molecule has 0 fully saturated rings. The maximum absolute atomic E-state index is 11.7. The first-order valence-corrected chi connectivity index (χ1v) is 1.89. The molecule has 0 aromatic carbocycles. The molecule has 0 atom stereocenters. The van der Waals surface area contributed by atoms with Crippen LogP contribution in [0.5, 0.6) is 0 Å². The lowest BCUT2D eigenvalue weighted by Gasteiger charge is -1.72. The van der Waals surface area contributed by atoms with Crippen LogP contribution in [0.3, 0.4) is 0 Å². The van der Waals surface area contributed by atoms with Crippen molar-refractivity contribution in [3.8, 4) is 0 Å². The van der Waals surface area contributed by atoms with E-state index in [2.05, 4.69) is 11.3 Å². The summed E-state index contributed by atoms with van der Waals surface area (Å²) < 4.78 is 11.7. The average molecular weight is 99.1 g/mol. The Morgan fingerprint density at radius 1 is 2.00 bits per heavy atom. The summed E-state index contributed by atoms with van der Waals surface area (Å²) in [5.74, 6) is 0. The van der Waals surface area contributed by atoms with Crippen LogP contribution in [0.15, 0.2) is 6.07 Å². The molecule has 1 aromatic rings. The predicted molar refractivity (Wildman–Crippen MR) is 22.3 cm³/mol. The van der Waals surface area contributed by atoms with Crippen molar-refractivity contribution in [3.05, 3.63) is 18.0 Å². The molecule has 1 radical (unpaired) electrons. The Morgan fingerprint density at radius 3 is 2.86 bits per heavy atom. The van der Waals surface area contributed by atoms with Gasteiger partial charge in [0.15, 0.2) is 0 Å². The number of nitrogens with zero attached hydrogens (tertiary/aromatic N) is 2. The molecule has 1 aromatic heterocycles. The first-order chi connectivity index (χ1) is 3.29. The number of halogens is 1. The second-order valence-corrected chi connectivity index (χ2v) is 1.27. The molecule has 37 valence electrons. The Morgan fingerprint density at radius 2 is 2.71 bits per heavy atom. The van der Waals surface area contributed by atoms with E-state index >= 15 is 0 Å². The number of rotatable bonds is 0. The molecule has 0 aliphatic carbocycles. The molecule has 0 N–H and O–H groups in total. The van der Waals surface area contributed by atoms with Crippen LogP contribution in [0.4, 0.5) is 4.48 Å². The highest BCUT2D eigenvalue weighted by Crippen LogP contribution is 1.88. The molecule has 2 nitrogen and oxygen atoms in total. The summed E-state index contributed by atoms with van der Waals surface area (Å²) in [5.41, 5.74) is 0.641. The maximum Gasteiger partial charge on any atom is 0.126 e. The average Bonchev–Trinajstić information content (AvgIpc) is 1.87. The van der Waals surface area contributed by atoms with Gasteiger partial charge in [-0.1, -0.05) is 9.39 Å². The summed E-state index contributed by atoms with van der Waals surface area (Å²) in [6, 6.07) is 1.47. The molecule has 0 saturated carbocycles. The minimum atomic E-state index is 0.162. The Bertz CT molecular complexity index is 142. The van der Waals surface area contributed by atoms with Crippen LogP contribution in [0.25, 0.3) is 0 Å². The molecule has 3 heteroatoms. The van der Waals surface area contributed by atoms with Crippen LogP contribution in [0.2, 0.25) is 0 Å². The van der Waals surface area contributed by atoms with Crippen molar-refractivity contribution in [1.82, 2.24) is 10.0 Å². The van der Waals surface area contributed by atoms with Gasteiger partial charge in [0.05, 0.1) is 5.69 Å². The molecule has 1 rings (SSSR count). The summed E-state index contributed by atoms with van der Waals surface area (Å²) in [4.78, 5) is 0.162. The lowest BCUT2D eigenvalue weighted by atomic mass is 10.5. The van der Waals surface area contributed by atoms with Gasteiger partial charge in [-0.25, -0.2) is 0 Å². The molecule has 7 heavy (non-hydrogen) atoms.